The number of allylic oxidation sites excluding steroid dienone is 1. The lowest BCUT2D eigenvalue weighted by Gasteiger charge is -2.12. The molecule has 1 aliphatic rings. The van der Waals surface area contributed by atoms with E-state index in [1.54, 1.807) is 22.0 Å². The summed E-state index contributed by atoms with van der Waals surface area (Å²) >= 11 is 2.98. The molecule has 0 aliphatic heterocycles. The maximum atomic E-state index is 13.3. The van der Waals surface area contributed by atoms with Crippen molar-refractivity contribution in [2.24, 2.45) is 0 Å². The van der Waals surface area contributed by atoms with Gasteiger partial charge in [-0.15, -0.1) is 17.9 Å². The lowest BCUT2D eigenvalue weighted by molar-refractivity contribution is 0.102. The highest BCUT2D eigenvalue weighted by Crippen LogP contribution is 2.34. The third kappa shape index (κ3) is 3.79. The van der Waals surface area contributed by atoms with Crippen molar-refractivity contribution >= 4 is 39.1 Å². The van der Waals surface area contributed by atoms with Crippen molar-refractivity contribution < 1.29 is 4.79 Å². The summed E-state index contributed by atoms with van der Waals surface area (Å²) in [5.41, 5.74) is 5.36. The Hall–Kier alpha value is -2.18. The molecule has 0 radical (unpaired) electrons. The van der Waals surface area contributed by atoms with E-state index in [9.17, 15) is 9.59 Å². The van der Waals surface area contributed by atoms with E-state index >= 15 is 0 Å². The minimum absolute atomic E-state index is 0.00345. The number of carbonyl (C=O) groups excluding carboxylic acids is 1. The monoisotopic (exact) mass is 438 g/mol. The van der Waals surface area contributed by atoms with Crippen LogP contribution in [-0.4, -0.2) is 21.1 Å². The fraction of sp³-hybridized carbons (Fsp3) is 0.375. The van der Waals surface area contributed by atoms with Gasteiger partial charge >= 0.3 is 0 Å². The van der Waals surface area contributed by atoms with Crippen LogP contribution in [-0.2, 0) is 19.4 Å². The van der Waals surface area contributed by atoms with Gasteiger partial charge in [0.25, 0.3) is 5.56 Å². The first kappa shape index (κ1) is 21.1. The molecule has 2 aromatic heterocycles. The molecule has 0 saturated carbocycles. The molecule has 1 aliphatic carbocycles. The van der Waals surface area contributed by atoms with Crippen molar-refractivity contribution in [3.63, 3.8) is 0 Å². The Balaban J connectivity index is 1.68. The Morgan fingerprint density at radius 3 is 2.63 bits per heavy atom. The maximum Gasteiger partial charge on any atom is 0.263 e. The first-order valence-electron chi connectivity index (χ1n) is 10.3. The van der Waals surface area contributed by atoms with E-state index in [1.807, 2.05) is 26.0 Å². The number of aryl methyl sites for hydroxylation is 4. The smallest absolute Gasteiger partial charge is 0.263 e. The third-order valence-corrected chi connectivity index (χ3v) is 8.09. The molecular formula is C24H26N2O2S2. The minimum Gasteiger partial charge on any atom is -0.293 e. The van der Waals surface area contributed by atoms with E-state index in [4.69, 9.17) is 4.98 Å². The molecule has 30 heavy (non-hydrogen) atoms. The quantitative estimate of drug-likeness (QED) is 0.223. The van der Waals surface area contributed by atoms with Crippen molar-refractivity contribution in [1.82, 2.24) is 9.55 Å². The van der Waals surface area contributed by atoms with Gasteiger partial charge in [-0.1, -0.05) is 17.8 Å². The number of fused-ring (bicyclic) bond motifs is 3. The molecular weight excluding hydrogens is 412 g/mol. The van der Waals surface area contributed by atoms with Gasteiger partial charge in [-0.3, -0.25) is 14.2 Å². The molecule has 6 heteroatoms. The predicted molar refractivity (Wildman–Crippen MR) is 126 cm³/mol. The van der Waals surface area contributed by atoms with Crippen LogP contribution < -0.4 is 5.56 Å². The van der Waals surface area contributed by atoms with Crippen LogP contribution in [0.3, 0.4) is 0 Å². The number of carbonyl (C=O) groups is 1. The van der Waals surface area contributed by atoms with Crippen LogP contribution in [0.5, 0.6) is 0 Å². The molecule has 0 unspecified atom stereocenters. The molecule has 1 aromatic carbocycles. The average Bonchev–Trinajstić information content (AvgIpc) is 3.10. The molecule has 156 valence electrons. The summed E-state index contributed by atoms with van der Waals surface area (Å²) in [5.74, 6) is 0.304. The van der Waals surface area contributed by atoms with Crippen LogP contribution in [0.15, 0.2) is 34.7 Å². The largest absolute Gasteiger partial charge is 0.293 e. The zero-order chi connectivity index (χ0) is 21.4. The van der Waals surface area contributed by atoms with E-state index in [2.05, 4.69) is 13.5 Å². The lowest BCUT2D eigenvalue weighted by Crippen LogP contribution is -2.23. The summed E-state index contributed by atoms with van der Waals surface area (Å²) < 4.78 is 1.67. The maximum absolute atomic E-state index is 13.3. The molecule has 0 atom stereocenters. The van der Waals surface area contributed by atoms with E-state index in [0.717, 1.165) is 40.6 Å². The SMILES string of the molecule is C=CCn1c(SCC(=O)c2cc(C)c(C)c(C)c2)nc2sc3c(c2c1=O)CCCC3. The number of rotatable bonds is 6. The fourth-order valence-corrected chi connectivity index (χ4v) is 6.24. The first-order chi connectivity index (χ1) is 14.4. The molecule has 4 rings (SSSR count). The normalized spacial score (nSPS) is 13.4. The molecule has 3 aromatic rings. The van der Waals surface area contributed by atoms with Crippen molar-refractivity contribution in [3.8, 4) is 0 Å². The van der Waals surface area contributed by atoms with Gasteiger partial charge < -0.3 is 0 Å². The fourth-order valence-electron chi connectivity index (χ4n) is 4.03. The van der Waals surface area contributed by atoms with Crippen LogP contribution in [0, 0.1) is 20.8 Å². The third-order valence-electron chi connectivity index (χ3n) is 5.93. The molecule has 0 N–H and O–H groups in total. The van der Waals surface area contributed by atoms with Crippen molar-refractivity contribution in [2.45, 2.75) is 58.2 Å². The van der Waals surface area contributed by atoms with Gasteiger partial charge in [0.2, 0.25) is 0 Å². The Morgan fingerprint density at radius 2 is 1.93 bits per heavy atom. The van der Waals surface area contributed by atoms with Crippen LogP contribution >= 0.6 is 23.1 Å². The van der Waals surface area contributed by atoms with Gasteiger partial charge in [0, 0.05) is 17.0 Å². The number of thioether (sulfide) groups is 1. The molecule has 0 saturated heterocycles. The summed E-state index contributed by atoms with van der Waals surface area (Å²) in [6, 6.07) is 3.90. The minimum atomic E-state index is -0.00345. The number of hydrogen-bond donors (Lipinski definition) is 0. The molecule has 0 amide bonds. The highest BCUT2D eigenvalue weighted by molar-refractivity contribution is 7.99. The summed E-state index contributed by atoms with van der Waals surface area (Å²) in [6.07, 6.45) is 6.00. The van der Waals surface area contributed by atoms with Gasteiger partial charge in [-0.25, -0.2) is 4.98 Å². The van der Waals surface area contributed by atoms with E-state index in [-0.39, 0.29) is 17.1 Å². The molecule has 0 fully saturated rings. The van der Waals surface area contributed by atoms with Crippen LogP contribution in [0.1, 0.15) is 50.3 Å². The van der Waals surface area contributed by atoms with Crippen LogP contribution in [0.2, 0.25) is 0 Å². The molecule has 0 bridgehead atoms. The van der Waals surface area contributed by atoms with Crippen LogP contribution in [0.4, 0.5) is 0 Å². The number of thiophene rings is 1. The van der Waals surface area contributed by atoms with Crippen molar-refractivity contribution in [1.29, 1.82) is 0 Å². The Morgan fingerprint density at radius 1 is 1.23 bits per heavy atom. The van der Waals surface area contributed by atoms with E-state index in [1.165, 1.54) is 34.2 Å². The standard InChI is InChI=1S/C24H26N2O2S2/c1-5-10-26-23(28)21-18-8-6-7-9-20(18)30-22(21)25-24(26)29-13-19(27)17-11-14(2)16(4)15(3)12-17/h5,11-12H,1,6-10,13H2,2-4H3. The van der Waals surface area contributed by atoms with Crippen molar-refractivity contribution in [2.75, 3.05) is 5.75 Å². The highest BCUT2D eigenvalue weighted by atomic mass is 32.2. The predicted octanol–water partition coefficient (Wildman–Crippen LogP) is 5.42. The Kier molecular flexibility index (Phi) is 5.98. The number of ketones is 1. The summed E-state index contributed by atoms with van der Waals surface area (Å²) in [4.78, 5) is 33.1. The second-order valence-electron chi connectivity index (χ2n) is 7.94. The lowest BCUT2D eigenvalue weighted by atomic mass is 9.97. The first-order valence-corrected chi connectivity index (χ1v) is 12.1. The summed E-state index contributed by atoms with van der Waals surface area (Å²) in [5, 5.41) is 1.37. The second kappa shape index (κ2) is 8.52. The summed E-state index contributed by atoms with van der Waals surface area (Å²) in [7, 11) is 0. The number of aromatic nitrogens is 2. The topological polar surface area (TPSA) is 52.0 Å². The number of benzene rings is 1. The second-order valence-corrected chi connectivity index (χ2v) is 9.96. The average molecular weight is 439 g/mol. The zero-order valence-electron chi connectivity index (χ0n) is 17.7. The van der Waals surface area contributed by atoms with Gasteiger partial charge in [-0.2, -0.15) is 0 Å². The highest BCUT2D eigenvalue weighted by Gasteiger charge is 2.22. The van der Waals surface area contributed by atoms with Gasteiger partial charge in [0.1, 0.15) is 4.83 Å². The van der Waals surface area contributed by atoms with Gasteiger partial charge in [0.15, 0.2) is 10.9 Å². The van der Waals surface area contributed by atoms with E-state index in [0.29, 0.717) is 17.3 Å². The Labute approximate surface area is 185 Å². The number of Topliss-reactive ketones (excluding diaryl/α,β-unsaturated/α-hetero) is 1. The summed E-state index contributed by atoms with van der Waals surface area (Å²) in [6.45, 7) is 10.3. The van der Waals surface area contributed by atoms with Gasteiger partial charge in [0.05, 0.1) is 11.1 Å². The van der Waals surface area contributed by atoms with Crippen LogP contribution in [0.25, 0.3) is 10.2 Å². The van der Waals surface area contributed by atoms with E-state index < -0.39 is 0 Å². The number of nitrogens with zero attached hydrogens (tertiary/aromatic N) is 2. The zero-order valence-corrected chi connectivity index (χ0v) is 19.3. The molecule has 0 spiro atoms. The molecule has 4 nitrogen and oxygen atoms in total. The Bertz CT molecular complexity index is 1200. The molecule has 2 heterocycles. The van der Waals surface area contributed by atoms with Gasteiger partial charge in [-0.05, 0) is 80.8 Å². The number of hydrogen-bond acceptors (Lipinski definition) is 5. The van der Waals surface area contributed by atoms with Crippen molar-refractivity contribution in [3.05, 3.63) is 67.8 Å².